The fourth-order valence-electron chi connectivity index (χ4n) is 2.84. The third-order valence-electron chi connectivity index (χ3n) is 4.10. The van der Waals surface area contributed by atoms with Crippen LogP contribution in [-0.2, 0) is 4.79 Å². The van der Waals surface area contributed by atoms with Crippen LogP contribution < -0.4 is 14.8 Å². The Morgan fingerprint density at radius 2 is 1.81 bits per heavy atom. The number of halogens is 1. The number of benzene rings is 2. The minimum Gasteiger partial charge on any atom is -0.493 e. The van der Waals surface area contributed by atoms with Crippen molar-refractivity contribution in [2.45, 2.75) is 6.42 Å². The number of amidine groups is 1. The third kappa shape index (κ3) is 3.89. The molecule has 0 unspecified atom stereocenters. The topological polar surface area (TPSA) is 59.9 Å². The maximum absolute atomic E-state index is 11.5. The van der Waals surface area contributed by atoms with Crippen molar-refractivity contribution in [1.82, 2.24) is 5.32 Å². The maximum Gasteiger partial charge on any atom is 0.225 e. The summed E-state index contributed by atoms with van der Waals surface area (Å²) in [4.78, 5) is 16.0. The van der Waals surface area contributed by atoms with Crippen LogP contribution in [0.2, 0.25) is 0 Å². The van der Waals surface area contributed by atoms with Gasteiger partial charge in [0.05, 0.1) is 20.8 Å². The van der Waals surface area contributed by atoms with E-state index in [9.17, 15) is 4.79 Å². The summed E-state index contributed by atoms with van der Waals surface area (Å²) in [5.74, 6) is 2.00. The Labute approximate surface area is 157 Å². The molecule has 2 aromatic rings. The molecule has 5 nitrogen and oxygen atoms in total. The molecule has 1 aliphatic heterocycles. The van der Waals surface area contributed by atoms with E-state index in [1.165, 1.54) is 0 Å². The van der Waals surface area contributed by atoms with Crippen LogP contribution in [-0.4, -0.2) is 31.8 Å². The van der Waals surface area contributed by atoms with Gasteiger partial charge in [0.15, 0.2) is 11.5 Å². The highest BCUT2D eigenvalue weighted by Gasteiger charge is 2.20. The second-order valence-electron chi connectivity index (χ2n) is 5.74. The number of rotatable bonds is 6. The lowest BCUT2D eigenvalue weighted by Gasteiger charge is -2.23. The summed E-state index contributed by atoms with van der Waals surface area (Å²) in [5.41, 5.74) is 3.49. The van der Waals surface area contributed by atoms with Crippen LogP contribution in [0.5, 0.6) is 11.5 Å². The van der Waals surface area contributed by atoms with Gasteiger partial charge in [0.2, 0.25) is 5.24 Å². The van der Waals surface area contributed by atoms with Gasteiger partial charge in [-0.3, -0.25) is 9.79 Å². The van der Waals surface area contributed by atoms with Crippen molar-refractivity contribution in [2.75, 3.05) is 20.8 Å². The van der Waals surface area contributed by atoms with Gasteiger partial charge in [0, 0.05) is 23.2 Å². The molecule has 26 heavy (non-hydrogen) atoms. The number of methoxy groups -OCH3 is 2. The highest BCUT2D eigenvalue weighted by atomic mass is 35.5. The number of hydrogen-bond donors (Lipinski definition) is 1. The molecule has 0 aliphatic carbocycles. The SMILES string of the molecule is COc1ccc(C2=C(CC(=O)Cl)CN=C(c3ccccc3)N2)cc1OC. The normalized spacial score (nSPS) is 13.7. The quantitative estimate of drug-likeness (QED) is 0.789. The average Bonchev–Trinajstić information content (AvgIpc) is 2.68. The molecule has 0 atom stereocenters. The average molecular weight is 371 g/mol. The van der Waals surface area contributed by atoms with Crippen LogP contribution >= 0.6 is 11.6 Å². The van der Waals surface area contributed by atoms with Crippen molar-refractivity contribution < 1.29 is 14.3 Å². The molecule has 3 rings (SSSR count). The molecule has 1 heterocycles. The Morgan fingerprint density at radius 3 is 2.46 bits per heavy atom. The number of ether oxygens (including phenoxy) is 2. The monoisotopic (exact) mass is 370 g/mol. The van der Waals surface area contributed by atoms with Crippen LogP contribution in [0.1, 0.15) is 17.5 Å². The first-order chi connectivity index (χ1) is 12.6. The van der Waals surface area contributed by atoms with Gasteiger partial charge in [-0.1, -0.05) is 30.3 Å². The second-order valence-corrected chi connectivity index (χ2v) is 6.16. The minimum absolute atomic E-state index is 0.129. The Bertz CT molecular complexity index is 876. The molecule has 134 valence electrons. The van der Waals surface area contributed by atoms with Crippen molar-refractivity contribution in [3.05, 3.63) is 65.2 Å². The molecule has 0 fully saturated rings. The summed E-state index contributed by atoms with van der Waals surface area (Å²) < 4.78 is 10.7. The summed E-state index contributed by atoms with van der Waals surface area (Å²) in [5, 5.41) is 2.93. The molecule has 6 heteroatoms. The Balaban J connectivity index is 2.01. The summed E-state index contributed by atoms with van der Waals surface area (Å²) >= 11 is 5.63. The van der Waals surface area contributed by atoms with Gasteiger partial charge in [0.1, 0.15) is 5.84 Å². The maximum atomic E-state index is 11.5. The van der Waals surface area contributed by atoms with Crippen LogP contribution in [0.3, 0.4) is 0 Å². The molecule has 0 bridgehead atoms. The predicted octanol–water partition coefficient (Wildman–Crippen LogP) is 3.62. The van der Waals surface area contributed by atoms with E-state index in [-0.39, 0.29) is 6.42 Å². The van der Waals surface area contributed by atoms with Crippen molar-refractivity contribution >= 4 is 28.4 Å². The Morgan fingerprint density at radius 1 is 1.08 bits per heavy atom. The largest absolute Gasteiger partial charge is 0.493 e. The molecule has 0 saturated heterocycles. The minimum atomic E-state index is -0.418. The zero-order valence-corrected chi connectivity index (χ0v) is 15.3. The summed E-state index contributed by atoms with van der Waals surface area (Å²) in [6.07, 6.45) is 0.129. The van der Waals surface area contributed by atoms with Gasteiger partial charge in [-0.25, -0.2) is 0 Å². The lowest BCUT2D eigenvalue weighted by Crippen LogP contribution is -2.29. The molecule has 1 N–H and O–H groups in total. The van der Waals surface area contributed by atoms with Gasteiger partial charge in [-0.15, -0.1) is 0 Å². The van der Waals surface area contributed by atoms with Crippen LogP contribution in [0.25, 0.3) is 5.70 Å². The molecular weight excluding hydrogens is 352 g/mol. The van der Waals surface area contributed by atoms with Gasteiger partial charge in [0.25, 0.3) is 0 Å². The van der Waals surface area contributed by atoms with E-state index in [1.807, 2.05) is 48.5 Å². The predicted molar refractivity (Wildman–Crippen MR) is 103 cm³/mol. The first kappa shape index (κ1) is 18.0. The second kappa shape index (κ2) is 8.06. The Hall–Kier alpha value is -2.79. The zero-order valence-electron chi connectivity index (χ0n) is 14.6. The molecule has 2 aromatic carbocycles. The van der Waals surface area contributed by atoms with E-state index in [0.717, 1.165) is 28.2 Å². The number of nitrogens with one attached hydrogen (secondary N) is 1. The van der Waals surface area contributed by atoms with Crippen LogP contribution in [0.15, 0.2) is 59.1 Å². The number of aliphatic imine (C=N–C) groups is 1. The number of hydrogen-bond acceptors (Lipinski definition) is 5. The molecule has 0 saturated carbocycles. The summed E-state index contributed by atoms with van der Waals surface area (Å²) in [6, 6.07) is 15.4. The summed E-state index contributed by atoms with van der Waals surface area (Å²) in [7, 11) is 3.18. The van der Waals surface area contributed by atoms with Gasteiger partial charge in [-0.2, -0.15) is 0 Å². The number of nitrogens with zero attached hydrogens (tertiary/aromatic N) is 1. The number of carbonyl (C=O) groups excluding carboxylic acids is 1. The van der Waals surface area contributed by atoms with E-state index in [2.05, 4.69) is 10.3 Å². The first-order valence-electron chi connectivity index (χ1n) is 8.12. The van der Waals surface area contributed by atoms with Crippen LogP contribution in [0.4, 0.5) is 0 Å². The summed E-state index contributed by atoms with van der Waals surface area (Å²) in [6.45, 7) is 0.402. The van der Waals surface area contributed by atoms with Gasteiger partial charge < -0.3 is 14.8 Å². The molecule has 0 amide bonds. The van der Waals surface area contributed by atoms with Crippen LogP contribution in [0, 0.1) is 0 Å². The highest BCUT2D eigenvalue weighted by Crippen LogP contribution is 2.32. The van der Waals surface area contributed by atoms with Crippen molar-refractivity contribution in [3.8, 4) is 11.5 Å². The molecular formula is C20H19ClN2O3. The van der Waals surface area contributed by atoms with E-state index < -0.39 is 5.24 Å². The zero-order chi connectivity index (χ0) is 18.5. The van der Waals surface area contributed by atoms with E-state index in [0.29, 0.717) is 18.0 Å². The lowest BCUT2D eigenvalue weighted by molar-refractivity contribution is -0.111. The smallest absolute Gasteiger partial charge is 0.225 e. The first-order valence-corrected chi connectivity index (χ1v) is 8.50. The third-order valence-corrected chi connectivity index (χ3v) is 4.23. The highest BCUT2D eigenvalue weighted by molar-refractivity contribution is 6.63. The van der Waals surface area contributed by atoms with E-state index in [1.54, 1.807) is 14.2 Å². The standard InChI is InChI=1S/C20H19ClN2O3/c1-25-16-9-8-14(10-17(16)26-2)19-15(11-18(21)24)12-22-20(23-19)13-6-4-3-5-7-13/h3-10H,11-12H2,1-2H3,(H,22,23). The molecule has 0 aromatic heterocycles. The van der Waals surface area contributed by atoms with Gasteiger partial charge in [-0.05, 0) is 35.4 Å². The molecule has 0 radical (unpaired) electrons. The lowest BCUT2D eigenvalue weighted by atomic mass is 10.0. The van der Waals surface area contributed by atoms with Crippen molar-refractivity contribution in [1.29, 1.82) is 0 Å². The van der Waals surface area contributed by atoms with E-state index in [4.69, 9.17) is 21.1 Å². The number of carbonyl (C=O) groups is 1. The fourth-order valence-corrected chi connectivity index (χ4v) is 3.00. The molecule has 0 spiro atoms. The molecule has 1 aliphatic rings. The van der Waals surface area contributed by atoms with Crippen molar-refractivity contribution in [3.63, 3.8) is 0 Å². The fraction of sp³-hybridized carbons (Fsp3) is 0.200. The van der Waals surface area contributed by atoms with E-state index >= 15 is 0 Å². The van der Waals surface area contributed by atoms with Crippen molar-refractivity contribution in [2.24, 2.45) is 4.99 Å². The van der Waals surface area contributed by atoms with Gasteiger partial charge >= 0.3 is 0 Å². The Kier molecular flexibility index (Phi) is 5.58.